The highest BCUT2D eigenvalue weighted by Gasteiger charge is 2.27. The Morgan fingerprint density at radius 2 is 1.81 bits per heavy atom. The van der Waals surface area contributed by atoms with Gasteiger partial charge in [0, 0.05) is 18.5 Å². The Kier molecular flexibility index (Phi) is 5.26. The number of amides is 3. The zero-order chi connectivity index (χ0) is 18.5. The third-order valence-corrected chi connectivity index (χ3v) is 4.15. The van der Waals surface area contributed by atoms with Gasteiger partial charge in [-0.15, -0.1) is 0 Å². The molecule has 3 rings (SSSR count). The van der Waals surface area contributed by atoms with Gasteiger partial charge in [0.15, 0.2) is 0 Å². The average molecular weight is 355 g/mol. The second kappa shape index (κ2) is 7.77. The molecule has 0 saturated heterocycles. The molecule has 0 aromatic heterocycles. The summed E-state index contributed by atoms with van der Waals surface area (Å²) in [7, 11) is 0. The number of nitrogens with one attached hydrogen (secondary N) is 3. The number of hydrogen-bond acceptors (Lipinski definition) is 3. The first-order valence-corrected chi connectivity index (χ1v) is 8.25. The normalized spacial score (nSPS) is 16.1. The van der Waals surface area contributed by atoms with Crippen molar-refractivity contribution in [2.45, 2.75) is 25.4 Å². The average Bonchev–Trinajstić information content (AvgIpc) is 2.76. The van der Waals surface area contributed by atoms with E-state index in [1.54, 1.807) is 42.5 Å². The summed E-state index contributed by atoms with van der Waals surface area (Å²) in [4.78, 5) is 36.4. The molecule has 0 spiro atoms. The van der Waals surface area contributed by atoms with Gasteiger partial charge in [-0.25, -0.2) is 4.39 Å². The molecule has 0 saturated carbocycles. The highest BCUT2D eigenvalue weighted by atomic mass is 19.1. The van der Waals surface area contributed by atoms with E-state index < -0.39 is 6.04 Å². The van der Waals surface area contributed by atoms with Gasteiger partial charge in [-0.3, -0.25) is 14.4 Å². The fourth-order valence-electron chi connectivity index (χ4n) is 2.71. The van der Waals surface area contributed by atoms with E-state index in [2.05, 4.69) is 16.0 Å². The number of carbonyl (C=O) groups excluding carboxylic acids is 3. The Morgan fingerprint density at radius 3 is 2.62 bits per heavy atom. The number of hydrogen-bond donors (Lipinski definition) is 3. The van der Waals surface area contributed by atoms with Gasteiger partial charge in [0.05, 0.1) is 11.3 Å². The fourth-order valence-corrected chi connectivity index (χ4v) is 2.71. The summed E-state index contributed by atoms with van der Waals surface area (Å²) in [5, 5.41) is 7.94. The summed E-state index contributed by atoms with van der Waals surface area (Å²) in [6.45, 7) is 0.0696. The maximum absolute atomic E-state index is 13.5. The lowest BCUT2D eigenvalue weighted by atomic mass is 10.1. The molecule has 3 amide bonds. The number of benzene rings is 2. The summed E-state index contributed by atoms with van der Waals surface area (Å²) in [6.07, 6.45) is 0.178. The lowest BCUT2D eigenvalue weighted by molar-refractivity contribution is -0.122. The zero-order valence-electron chi connectivity index (χ0n) is 13.9. The van der Waals surface area contributed by atoms with Crippen LogP contribution in [0.4, 0.5) is 10.1 Å². The predicted molar refractivity (Wildman–Crippen MR) is 93.8 cm³/mol. The van der Waals surface area contributed by atoms with Crippen molar-refractivity contribution in [3.8, 4) is 0 Å². The van der Waals surface area contributed by atoms with Crippen molar-refractivity contribution >= 4 is 23.4 Å². The van der Waals surface area contributed by atoms with E-state index >= 15 is 0 Å². The third-order valence-electron chi connectivity index (χ3n) is 4.15. The van der Waals surface area contributed by atoms with Crippen LogP contribution in [0.2, 0.25) is 0 Å². The summed E-state index contributed by atoms with van der Waals surface area (Å²) in [5.74, 6) is -1.45. The summed E-state index contributed by atoms with van der Waals surface area (Å²) >= 11 is 0. The first kappa shape index (κ1) is 17.6. The molecule has 3 N–H and O–H groups in total. The van der Waals surface area contributed by atoms with Crippen molar-refractivity contribution in [3.05, 3.63) is 65.5 Å². The van der Waals surface area contributed by atoms with Gasteiger partial charge >= 0.3 is 0 Å². The van der Waals surface area contributed by atoms with Gasteiger partial charge in [0.25, 0.3) is 5.91 Å². The van der Waals surface area contributed by atoms with Crippen LogP contribution in [-0.2, 0) is 16.1 Å². The smallest absolute Gasteiger partial charge is 0.254 e. The molecule has 7 heteroatoms. The maximum atomic E-state index is 13.5. The van der Waals surface area contributed by atoms with Crippen LogP contribution in [0.25, 0.3) is 0 Å². The second-order valence-electron chi connectivity index (χ2n) is 5.97. The molecular formula is C19H18FN3O3. The van der Waals surface area contributed by atoms with E-state index in [0.29, 0.717) is 16.8 Å². The standard InChI is InChI=1S/C19H18FN3O3/c20-14-7-3-1-5-12(14)11-21-17(24)10-9-16-19(26)22-15-8-4-2-6-13(15)18(25)23-16/h1-8,16H,9-11H2,(H,21,24)(H,22,26)(H,23,25). The van der Waals surface area contributed by atoms with Crippen LogP contribution in [0.15, 0.2) is 48.5 Å². The Hall–Kier alpha value is -3.22. The molecule has 1 aliphatic heterocycles. The van der Waals surface area contributed by atoms with Crippen LogP contribution in [0.1, 0.15) is 28.8 Å². The zero-order valence-corrected chi connectivity index (χ0v) is 13.9. The summed E-state index contributed by atoms with van der Waals surface area (Å²) in [6, 6.07) is 12.1. The van der Waals surface area contributed by atoms with Crippen molar-refractivity contribution in [1.82, 2.24) is 10.6 Å². The molecule has 0 fully saturated rings. The first-order valence-electron chi connectivity index (χ1n) is 8.25. The molecule has 0 bridgehead atoms. The Balaban J connectivity index is 1.54. The third kappa shape index (κ3) is 4.05. The minimum Gasteiger partial charge on any atom is -0.352 e. The van der Waals surface area contributed by atoms with E-state index in [9.17, 15) is 18.8 Å². The van der Waals surface area contributed by atoms with Gasteiger partial charge in [-0.1, -0.05) is 30.3 Å². The van der Waals surface area contributed by atoms with E-state index in [1.807, 2.05) is 0 Å². The van der Waals surface area contributed by atoms with Crippen molar-refractivity contribution < 1.29 is 18.8 Å². The lowest BCUT2D eigenvalue weighted by Gasteiger charge is -2.14. The van der Waals surface area contributed by atoms with Gasteiger partial charge < -0.3 is 16.0 Å². The molecule has 1 heterocycles. The van der Waals surface area contributed by atoms with E-state index in [4.69, 9.17) is 0 Å². The quantitative estimate of drug-likeness (QED) is 0.766. The Bertz CT molecular complexity index is 853. The van der Waals surface area contributed by atoms with Crippen LogP contribution in [0, 0.1) is 5.82 Å². The highest BCUT2D eigenvalue weighted by Crippen LogP contribution is 2.19. The minimum atomic E-state index is -0.811. The fraction of sp³-hybridized carbons (Fsp3) is 0.211. The number of anilines is 1. The second-order valence-corrected chi connectivity index (χ2v) is 5.97. The number of fused-ring (bicyclic) bond motifs is 1. The van der Waals surface area contributed by atoms with Crippen LogP contribution in [-0.4, -0.2) is 23.8 Å². The molecule has 1 atom stereocenters. The molecule has 0 radical (unpaired) electrons. The molecule has 26 heavy (non-hydrogen) atoms. The molecule has 134 valence electrons. The van der Waals surface area contributed by atoms with E-state index in [0.717, 1.165) is 0 Å². The lowest BCUT2D eigenvalue weighted by Crippen LogP contribution is -2.42. The molecule has 0 aliphatic carbocycles. The van der Waals surface area contributed by atoms with Crippen LogP contribution in [0.5, 0.6) is 0 Å². The number of para-hydroxylation sites is 1. The number of halogens is 1. The van der Waals surface area contributed by atoms with Gasteiger partial charge in [0.2, 0.25) is 11.8 Å². The van der Waals surface area contributed by atoms with Crippen molar-refractivity contribution in [2.75, 3.05) is 5.32 Å². The first-order chi connectivity index (χ1) is 12.5. The summed E-state index contributed by atoms with van der Waals surface area (Å²) in [5.41, 5.74) is 1.21. The van der Waals surface area contributed by atoms with Crippen LogP contribution in [0.3, 0.4) is 0 Å². The maximum Gasteiger partial charge on any atom is 0.254 e. The molecule has 2 aromatic carbocycles. The summed E-state index contributed by atoms with van der Waals surface area (Å²) < 4.78 is 13.5. The van der Waals surface area contributed by atoms with E-state index in [-0.39, 0.29) is 42.9 Å². The topological polar surface area (TPSA) is 87.3 Å². The van der Waals surface area contributed by atoms with Gasteiger partial charge in [-0.05, 0) is 24.6 Å². The Morgan fingerprint density at radius 1 is 1.08 bits per heavy atom. The molecule has 6 nitrogen and oxygen atoms in total. The predicted octanol–water partition coefficient (Wildman–Crippen LogP) is 1.97. The van der Waals surface area contributed by atoms with Crippen LogP contribution >= 0.6 is 0 Å². The van der Waals surface area contributed by atoms with E-state index in [1.165, 1.54) is 6.07 Å². The van der Waals surface area contributed by atoms with Gasteiger partial charge in [0.1, 0.15) is 11.9 Å². The number of rotatable bonds is 5. The van der Waals surface area contributed by atoms with Gasteiger partial charge in [-0.2, -0.15) is 0 Å². The number of carbonyl (C=O) groups is 3. The van der Waals surface area contributed by atoms with Crippen molar-refractivity contribution in [3.63, 3.8) is 0 Å². The molecule has 1 unspecified atom stereocenters. The Labute approximate surface area is 149 Å². The largest absolute Gasteiger partial charge is 0.352 e. The molecule has 1 aliphatic rings. The van der Waals surface area contributed by atoms with Crippen molar-refractivity contribution in [2.24, 2.45) is 0 Å². The SMILES string of the molecule is O=C(CCC1NC(=O)c2ccccc2NC1=O)NCc1ccccc1F. The molecule has 2 aromatic rings. The minimum absolute atomic E-state index is 0.0309. The van der Waals surface area contributed by atoms with Crippen LogP contribution < -0.4 is 16.0 Å². The highest BCUT2D eigenvalue weighted by molar-refractivity contribution is 6.09. The van der Waals surface area contributed by atoms with Crippen molar-refractivity contribution in [1.29, 1.82) is 0 Å². The monoisotopic (exact) mass is 355 g/mol. The molecular weight excluding hydrogens is 337 g/mol.